The Bertz CT molecular complexity index is 2830. The molecule has 7 rings (SSSR count). The van der Waals surface area contributed by atoms with Gasteiger partial charge in [0.05, 0.1) is 66.7 Å². The Balaban J connectivity index is 0.000000348. The maximum absolute atomic E-state index is 13.2. The third kappa shape index (κ3) is 24.5. The fourth-order valence-electron chi connectivity index (χ4n) is 9.86. The van der Waals surface area contributed by atoms with Gasteiger partial charge in [-0.05, 0) is 188 Å². The molecule has 1 N–H and O–H groups in total. The van der Waals surface area contributed by atoms with Crippen molar-refractivity contribution >= 4 is 62.7 Å². The summed E-state index contributed by atoms with van der Waals surface area (Å²) < 4.78 is 45.2. The molecule has 0 saturated heterocycles. The SMILES string of the molecule is C=CC(=O)OCCCCCCOC(=C)/C=C\C(=C)OC(=O)C1CCC(C)CC1.C=CC(=O)OCCCCCCOc1ccc(OC(=O)C2CCC(C(=O)Oc3ccc(O)c(/C=N/N(COC4CCCCC4)c4nc5ccccc5s4)c3)CC2)cc1. The Morgan fingerprint density at radius 1 is 0.624 bits per heavy atom. The van der Waals surface area contributed by atoms with Crippen LogP contribution in [-0.4, -0.2) is 85.4 Å². The van der Waals surface area contributed by atoms with Crippen molar-refractivity contribution in [2.24, 2.45) is 28.8 Å². The van der Waals surface area contributed by atoms with Crippen LogP contribution in [0.4, 0.5) is 5.13 Å². The topological polar surface area (TPSA) is 208 Å². The second-order valence-corrected chi connectivity index (χ2v) is 22.7. The molecule has 3 fully saturated rings. The largest absolute Gasteiger partial charge is 0.507 e. The Labute approximate surface area is 504 Å². The van der Waals surface area contributed by atoms with Gasteiger partial charge in [0.2, 0.25) is 5.13 Å². The van der Waals surface area contributed by atoms with Crippen molar-refractivity contribution in [3.05, 3.63) is 134 Å². The van der Waals surface area contributed by atoms with E-state index in [1.807, 2.05) is 24.3 Å². The number of nitrogens with zero attached hydrogens (tertiary/aromatic N) is 3. The molecule has 85 heavy (non-hydrogen) atoms. The summed E-state index contributed by atoms with van der Waals surface area (Å²) >= 11 is 1.51. The molecular formula is C67H85N3O14S. The minimum absolute atomic E-state index is 0.00820. The number of fused-ring (bicyclic) bond motifs is 1. The summed E-state index contributed by atoms with van der Waals surface area (Å²) in [6.45, 7) is 18.7. The number of carbonyl (C=O) groups is 5. The van der Waals surface area contributed by atoms with Crippen LogP contribution >= 0.6 is 11.3 Å². The zero-order chi connectivity index (χ0) is 60.6. The number of hydrogen-bond acceptors (Lipinski definition) is 18. The number of unbranched alkanes of at least 4 members (excludes halogenated alkanes) is 6. The quantitative estimate of drug-likeness (QED) is 0.00461. The number of aromatic nitrogens is 1. The van der Waals surface area contributed by atoms with E-state index in [1.54, 1.807) is 53.6 Å². The average Bonchev–Trinajstić information content (AvgIpc) is 4.24. The number of para-hydroxylation sites is 1. The lowest BCUT2D eigenvalue weighted by atomic mass is 9.82. The van der Waals surface area contributed by atoms with E-state index in [1.165, 1.54) is 36.1 Å². The number of anilines is 1. The maximum atomic E-state index is 13.2. The van der Waals surface area contributed by atoms with Crippen molar-refractivity contribution in [3.63, 3.8) is 0 Å². The number of aromatic hydroxyl groups is 1. The van der Waals surface area contributed by atoms with Gasteiger partial charge in [0.25, 0.3) is 0 Å². The lowest BCUT2D eigenvalue weighted by Gasteiger charge is -2.26. The lowest BCUT2D eigenvalue weighted by Crippen LogP contribution is -2.30. The minimum atomic E-state index is -0.400. The molecule has 0 aliphatic heterocycles. The van der Waals surface area contributed by atoms with Gasteiger partial charge >= 0.3 is 29.8 Å². The van der Waals surface area contributed by atoms with Gasteiger partial charge in [-0.15, -0.1) is 0 Å². The highest BCUT2D eigenvalue weighted by atomic mass is 32.1. The molecule has 0 amide bonds. The van der Waals surface area contributed by atoms with Gasteiger partial charge in [-0.1, -0.05) is 76.0 Å². The highest BCUT2D eigenvalue weighted by Gasteiger charge is 2.33. The van der Waals surface area contributed by atoms with E-state index in [4.69, 9.17) is 42.9 Å². The van der Waals surface area contributed by atoms with Crippen molar-refractivity contribution in [1.82, 2.24) is 4.98 Å². The number of hydrazone groups is 1. The van der Waals surface area contributed by atoms with Gasteiger partial charge in [0.1, 0.15) is 41.2 Å². The Hall–Kier alpha value is -7.57. The molecule has 3 aliphatic carbocycles. The molecule has 3 saturated carbocycles. The number of allylic oxidation sites excluding steroid dienone is 2. The van der Waals surface area contributed by atoms with Crippen LogP contribution in [0.1, 0.15) is 147 Å². The first-order valence-corrected chi connectivity index (χ1v) is 30.8. The highest BCUT2D eigenvalue weighted by Crippen LogP contribution is 2.34. The number of phenols is 1. The van der Waals surface area contributed by atoms with Crippen LogP contribution in [0, 0.1) is 23.7 Å². The molecule has 18 heteroatoms. The van der Waals surface area contributed by atoms with Crippen LogP contribution in [0.3, 0.4) is 0 Å². The smallest absolute Gasteiger partial charge is 0.330 e. The van der Waals surface area contributed by atoms with E-state index in [-0.39, 0.29) is 60.2 Å². The molecule has 17 nitrogen and oxygen atoms in total. The maximum Gasteiger partial charge on any atom is 0.330 e. The molecule has 0 atom stereocenters. The Morgan fingerprint density at radius 3 is 1.76 bits per heavy atom. The number of phenolic OH excluding ortho intramolecular Hbond substituents is 1. The van der Waals surface area contributed by atoms with E-state index in [2.05, 4.69) is 38.3 Å². The molecule has 458 valence electrons. The molecule has 0 unspecified atom stereocenters. The van der Waals surface area contributed by atoms with Gasteiger partial charge in [-0.2, -0.15) is 5.10 Å². The molecule has 4 aromatic rings. The fourth-order valence-corrected chi connectivity index (χ4v) is 10.8. The number of rotatable bonds is 32. The van der Waals surface area contributed by atoms with Crippen molar-refractivity contribution in [3.8, 4) is 23.0 Å². The number of thiazole rings is 1. The van der Waals surface area contributed by atoms with Crippen LogP contribution in [0.25, 0.3) is 10.2 Å². The van der Waals surface area contributed by atoms with Crippen LogP contribution in [0.5, 0.6) is 23.0 Å². The van der Waals surface area contributed by atoms with Gasteiger partial charge in [0.15, 0.2) is 0 Å². The second kappa shape index (κ2) is 37.0. The van der Waals surface area contributed by atoms with Gasteiger partial charge < -0.3 is 43.0 Å². The van der Waals surface area contributed by atoms with E-state index in [0.717, 1.165) is 119 Å². The molecular weight excluding hydrogens is 1100 g/mol. The van der Waals surface area contributed by atoms with Crippen LogP contribution < -0.4 is 19.2 Å². The molecule has 0 bridgehead atoms. The number of carbonyl (C=O) groups excluding carboxylic acids is 5. The molecule has 0 radical (unpaired) electrons. The third-order valence-corrected chi connectivity index (χ3v) is 16.0. The normalized spacial score (nSPS) is 17.8. The van der Waals surface area contributed by atoms with Crippen LogP contribution in [0.15, 0.2) is 134 Å². The zero-order valence-electron chi connectivity index (χ0n) is 49.3. The summed E-state index contributed by atoms with van der Waals surface area (Å²) in [5.41, 5.74) is 1.25. The van der Waals surface area contributed by atoms with Gasteiger partial charge in [-0.25, -0.2) is 19.6 Å². The Kier molecular flexibility index (Phi) is 29.0. The summed E-state index contributed by atoms with van der Waals surface area (Å²) in [5.74, 6) is 0.559. The van der Waals surface area contributed by atoms with Crippen molar-refractivity contribution < 1.29 is 67.0 Å². The predicted molar refractivity (Wildman–Crippen MR) is 329 cm³/mol. The third-order valence-electron chi connectivity index (χ3n) is 15.0. The van der Waals surface area contributed by atoms with E-state index >= 15 is 0 Å². The van der Waals surface area contributed by atoms with E-state index in [0.29, 0.717) is 97.5 Å². The first-order valence-electron chi connectivity index (χ1n) is 30.0. The van der Waals surface area contributed by atoms with Gasteiger partial charge in [0, 0.05) is 17.7 Å². The average molecular weight is 1190 g/mol. The fraction of sp³-hybridized carbons (Fsp3) is 0.478. The molecule has 3 aromatic carbocycles. The molecule has 1 heterocycles. The first kappa shape index (κ1) is 66.6. The summed E-state index contributed by atoms with van der Waals surface area (Å²) in [4.78, 5) is 65.0. The number of hydrogen-bond donors (Lipinski definition) is 1. The first-order chi connectivity index (χ1) is 41.3. The van der Waals surface area contributed by atoms with Crippen LogP contribution in [0.2, 0.25) is 0 Å². The summed E-state index contributed by atoms with van der Waals surface area (Å²) in [5, 5.41) is 17.7. The standard InChI is InChI=1S/C44H51N3O9S.C23H34O5/c1-2-41(49)53-27-11-4-3-10-26-52-35-20-22-36(23-21-35)55-42(50)31-16-18-32(19-17-31)43(51)56-37-24-25-39(48)33(28-37)29-45-47(30-54-34-12-6-5-7-13-34)44-46-38-14-8-9-15-40(38)57-44;1-5-22(24)27-17-9-7-6-8-16-26-19(3)12-13-20(4)28-23(25)21-14-10-18(2)11-15-21/h2,8-9,14-15,20-25,28-29,31-32,34,48H,1,3-7,10-13,16-19,26-27,30H2;5,12-13,18,21H,1,3-4,6-11,14-17H2,2H3/b45-29+;13-12-. The zero-order valence-corrected chi connectivity index (χ0v) is 50.2. The van der Waals surface area contributed by atoms with Crippen molar-refractivity contribution in [2.75, 3.05) is 38.2 Å². The van der Waals surface area contributed by atoms with Crippen molar-refractivity contribution in [2.45, 2.75) is 148 Å². The highest BCUT2D eigenvalue weighted by molar-refractivity contribution is 7.22. The predicted octanol–water partition coefficient (Wildman–Crippen LogP) is 14.4. The van der Waals surface area contributed by atoms with Gasteiger partial charge in [-0.3, -0.25) is 14.4 Å². The minimum Gasteiger partial charge on any atom is -0.507 e. The van der Waals surface area contributed by atoms with E-state index in [9.17, 15) is 29.1 Å². The van der Waals surface area contributed by atoms with E-state index < -0.39 is 5.97 Å². The van der Waals surface area contributed by atoms with Crippen molar-refractivity contribution in [1.29, 1.82) is 0 Å². The number of esters is 5. The van der Waals surface area contributed by atoms with Crippen LogP contribution in [-0.2, 0) is 47.7 Å². The lowest BCUT2D eigenvalue weighted by molar-refractivity contribution is -0.145. The number of ether oxygens (including phenoxy) is 8. The molecule has 0 spiro atoms. The summed E-state index contributed by atoms with van der Waals surface area (Å²) in [7, 11) is 0. The Morgan fingerprint density at radius 2 is 1.15 bits per heavy atom. The monoisotopic (exact) mass is 1190 g/mol. The number of benzene rings is 3. The summed E-state index contributed by atoms with van der Waals surface area (Å²) in [6, 6.07) is 19.5. The summed E-state index contributed by atoms with van der Waals surface area (Å²) in [6.07, 6.45) is 26.0. The molecule has 1 aromatic heterocycles. The second-order valence-electron chi connectivity index (χ2n) is 21.7. The molecule has 3 aliphatic rings.